The van der Waals surface area contributed by atoms with Gasteiger partial charge < -0.3 is 14.5 Å². The lowest BCUT2D eigenvalue weighted by Crippen LogP contribution is -2.46. The highest BCUT2D eigenvalue weighted by Crippen LogP contribution is 2.17. The molecule has 24 heavy (non-hydrogen) atoms. The molecule has 2 rings (SSSR count). The minimum Gasteiger partial charge on any atom is -0.497 e. The number of carbonyl (C=O) groups excluding carboxylic acids is 1. The summed E-state index contributed by atoms with van der Waals surface area (Å²) in [6.07, 6.45) is 7.83. The molecule has 0 spiro atoms. The fraction of sp³-hybridized carbons (Fsp3) is 0.450. The Bertz CT molecular complexity index is 582. The number of rotatable bonds is 6. The Hall–Kier alpha value is -2.07. The summed E-state index contributed by atoms with van der Waals surface area (Å²) in [5.74, 6) is 0.963. The largest absolute Gasteiger partial charge is 0.497 e. The number of methoxy groups -OCH3 is 1. The van der Waals surface area contributed by atoms with Crippen molar-refractivity contribution in [3.8, 4) is 5.75 Å². The molecule has 1 saturated heterocycles. The van der Waals surface area contributed by atoms with Gasteiger partial charge in [0.2, 0.25) is 5.91 Å². The highest BCUT2D eigenvalue weighted by atomic mass is 16.5. The van der Waals surface area contributed by atoms with Crippen molar-refractivity contribution >= 4 is 12.0 Å². The van der Waals surface area contributed by atoms with E-state index in [-0.39, 0.29) is 5.91 Å². The zero-order chi connectivity index (χ0) is 17.4. The van der Waals surface area contributed by atoms with Crippen molar-refractivity contribution in [3.05, 3.63) is 47.6 Å². The van der Waals surface area contributed by atoms with E-state index in [1.54, 1.807) is 13.2 Å². The molecule has 1 aliphatic heterocycles. The molecule has 1 aliphatic rings. The summed E-state index contributed by atoms with van der Waals surface area (Å²) in [5.41, 5.74) is 2.29. The average molecular weight is 328 g/mol. The van der Waals surface area contributed by atoms with E-state index in [4.69, 9.17) is 4.74 Å². The fourth-order valence-electron chi connectivity index (χ4n) is 2.72. The van der Waals surface area contributed by atoms with Gasteiger partial charge in [0.1, 0.15) is 5.75 Å². The molecule has 4 nitrogen and oxygen atoms in total. The van der Waals surface area contributed by atoms with Crippen LogP contribution in [-0.4, -0.2) is 56.0 Å². The third-order valence-corrected chi connectivity index (χ3v) is 4.26. The van der Waals surface area contributed by atoms with Crippen molar-refractivity contribution in [1.29, 1.82) is 0 Å². The molecule has 0 radical (unpaired) electrons. The minimum absolute atomic E-state index is 0.111. The third kappa shape index (κ3) is 5.53. The van der Waals surface area contributed by atoms with Crippen molar-refractivity contribution in [1.82, 2.24) is 9.80 Å². The van der Waals surface area contributed by atoms with Gasteiger partial charge in [0.05, 0.1) is 7.11 Å². The molecule has 4 heteroatoms. The van der Waals surface area contributed by atoms with Gasteiger partial charge in [-0.3, -0.25) is 4.79 Å². The van der Waals surface area contributed by atoms with E-state index in [2.05, 4.69) is 24.9 Å². The van der Waals surface area contributed by atoms with Crippen LogP contribution in [0.2, 0.25) is 0 Å². The zero-order valence-corrected chi connectivity index (χ0v) is 15.0. The summed E-state index contributed by atoms with van der Waals surface area (Å²) >= 11 is 0. The summed E-state index contributed by atoms with van der Waals surface area (Å²) in [6.45, 7) is 5.67. The molecular formula is C20H28N2O2. The van der Waals surface area contributed by atoms with Crippen LogP contribution in [0.25, 0.3) is 6.08 Å². The van der Waals surface area contributed by atoms with E-state index in [9.17, 15) is 4.79 Å². The van der Waals surface area contributed by atoms with Gasteiger partial charge in [0, 0.05) is 32.3 Å². The van der Waals surface area contributed by atoms with Gasteiger partial charge in [0.15, 0.2) is 0 Å². The molecule has 1 amide bonds. The summed E-state index contributed by atoms with van der Waals surface area (Å²) in [4.78, 5) is 16.5. The van der Waals surface area contributed by atoms with Crippen LogP contribution in [0.1, 0.15) is 25.3 Å². The zero-order valence-electron chi connectivity index (χ0n) is 15.0. The molecular weight excluding hydrogens is 300 g/mol. The number of ether oxygens (including phenoxy) is 1. The number of amides is 1. The summed E-state index contributed by atoms with van der Waals surface area (Å²) in [5, 5.41) is 0. The van der Waals surface area contributed by atoms with Gasteiger partial charge in [0.25, 0.3) is 0 Å². The first-order chi connectivity index (χ1) is 11.6. The van der Waals surface area contributed by atoms with Crippen molar-refractivity contribution < 1.29 is 9.53 Å². The van der Waals surface area contributed by atoms with E-state index >= 15 is 0 Å². The number of likely N-dealkylation sites (N-methyl/N-ethyl adjacent to an activating group) is 1. The molecule has 1 aromatic carbocycles. The summed E-state index contributed by atoms with van der Waals surface area (Å²) in [7, 11) is 3.76. The third-order valence-electron chi connectivity index (χ3n) is 4.26. The summed E-state index contributed by atoms with van der Waals surface area (Å²) < 4.78 is 5.19. The van der Waals surface area contributed by atoms with Crippen LogP contribution in [0.4, 0.5) is 0 Å². The van der Waals surface area contributed by atoms with Gasteiger partial charge >= 0.3 is 0 Å². The van der Waals surface area contributed by atoms with Gasteiger partial charge in [-0.05, 0) is 36.7 Å². The molecule has 1 aromatic rings. The Morgan fingerprint density at radius 2 is 1.79 bits per heavy atom. The maximum atomic E-state index is 12.3. The van der Waals surface area contributed by atoms with Crippen LogP contribution < -0.4 is 4.74 Å². The van der Waals surface area contributed by atoms with E-state index in [1.807, 2.05) is 35.2 Å². The quantitative estimate of drug-likeness (QED) is 0.594. The normalized spacial score (nSPS) is 16.6. The Balaban J connectivity index is 2.03. The highest BCUT2D eigenvalue weighted by molar-refractivity contribution is 5.88. The molecule has 130 valence electrons. The maximum Gasteiger partial charge on any atom is 0.246 e. The number of allylic oxidation sites excluding steroid dienone is 2. The molecule has 0 atom stereocenters. The maximum absolute atomic E-state index is 12.3. The SMILES string of the molecule is CCCC(/C=C/C(=O)N1CCN(C)CC1)=C\c1ccc(OC)cc1. The molecule has 0 bridgehead atoms. The monoisotopic (exact) mass is 328 g/mol. The molecule has 1 fully saturated rings. The van der Waals surface area contributed by atoms with Crippen LogP contribution in [0.5, 0.6) is 5.75 Å². The predicted molar refractivity (Wildman–Crippen MR) is 99.1 cm³/mol. The van der Waals surface area contributed by atoms with E-state index in [1.165, 1.54) is 5.57 Å². The Kier molecular flexibility index (Phi) is 7.07. The highest BCUT2D eigenvalue weighted by Gasteiger charge is 2.16. The molecule has 0 saturated carbocycles. The lowest BCUT2D eigenvalue weighted by Gasteiger charge is -2.31. The predicted octanol–water partition coefficient (Wildman–Crippen LogP) is 3.21. The number of benzene rings is 1. The average Bonchev–Trinajstić information content (AvgIpc) is 2.61. The van der Waals surface area contributed by atoms with Gasteiger partial charge in [-0.1, -0.05) is 37.6 Å². The van der Waals surface area contributed by atoms with Crippen molar-refractivity contribution in [2.24, 2.45) is 0 Å². The second-order valence-corrected chi connectivity index (χ2v) is 6.20. The number of hydrogen-bond acceptors (Lipinski definition) is 3. The van der Waals surface area contributed by atoms with Gasteiger partial charge in [-0.25, -0.2) is 0 Å². The summed E-state index contributed by atoms with van der Waals surface area (Å²) in [6, 6.07) is 7.97. The first-order valence-electron chi connectivity index (χ1n) is 8.62. The van der Waals surface area contributed by atoms with Crippen LogP contribution in [0.15, 0.2) is 42.0 Å². The van der Waals surface area contributed by atoms with E-state index < -0.39 is 0 Å². The number of hydrogen-bond donors (Lipinski definition) is 0. The van der Waals surface area contributed by atoms with Crippen molar-refractivity contribution in [2.75, 3.05) is 40.3 Å². The van der Waals surface area contributed by atoms with Gasteiger partial charge in [-0.15, -0.1) is 0 Å². The first kappa shape index (κ1) is 18.3. The number of nitrogens with zero attached hydrogens (tertiary/aromatic N) is 2. The first-order valence-corrected chi connectivity index (χ1v) is 8.62. The van der Waals surface area contributed by atoms with Crippen molar-refractivity contribution in [2.45, 2.75) is 19.8 Å². The Labute approximate surface area is 145 Å². The number of carbonyl (C=O) groups is 1. The Morgan fingerprint density at radius 3 is 2.38 bits per heavy atom. The molecule has 0 unspecified atom stereocenters. The Morgan fingerprint density at radius 1 is 1.12 bits per heavy atom. The fourth-order valence-corrected chi connectivity index (χ4v) is 2.72. The number of piperazine rings is 1. The van der Waals surface area contributed by atoms with E-state index in [0.29, 0.717) is 0 Å². The lowest BCUT2D eigenvalue weighted by atomic mass is 10.1. The van der Waals surface area contributed by atoms with Crippen LogP contribution in [-0.2, 0) is 4.79 Å². The molecule has 0 aromatic heterocycles. The second kappa shape index (κ2) is 9.28. The van der Waals surface area contributed by atoms with Crippen LogP contribution in [0.3, 0.4) is 0 Å². The smallest absolute Gasteiger partial charge is 0.246 e. The topological polar surface area (TPSA) is 32.8 Å². The van der Waals surface area contributed by atoms with Crippen molar-refractivity contribution in [3.63, 3.8) is 0 Å². The standard InChI is InChI=1S/C20H28N2O2/c1-4-5-17(16-18-6-9-19(24-3)10-7-18)8-11-20(23)22-14-12-21(2)13-15-22/h6-11,16H,4-5,12-15H2,1-3H3/b11-8+,17-16+. The molecule has 0 aliphatic carbocycles. The molecule has 0 N–H and O–H groups in total. The molecule has 1 heterocycles. The van der Waals surface area contributed by atoms with Crippen LogP contribution in [0, 0.1) is 0 Å². The lowest BCUT2D eigenvalue weighted by molar-refractivity contribution is -0.127. The van der Waals surface area contributed by atoms with Crippen LogP contribution >= 0.6 is 0 Å². The van der Waals surface area contributed by atoms with E-state index in [0.717, 1.165) is 50.3 Å². The second-order valence-electron chi connectivity index (χ2n) is 6.20. The minimum atomic E-state index is 0.111. The van der Waals surface area contributed by atoms with Gasteiger partial charge in [-0.2, -0.15) is 0 Å².